The van der Waals surface area contributed by atoms with E-state index in [1.165, 1.54) is 14.0 Å². The average molecular weight is 299 g/mol. The molecule has 0 radical (unpaired) electrons. The molecule has 0 aliphatic carbocycles. The van der Waals surface area contributed by atoms with Gasteiger partial charge in [-0.3, -0.25) is 4.79 Å². The normalized spacial score (nSPS) is 13.1. The fourth-order valence-corrected chi connectivity index (χ4v) is 3.91. The third-order valence-corrected chi connectivity index (χ3v) is 5.27. The average Bonchev–Trinajstić information content (AvgIpc) is 2.34. The van der Waals surface area contributed by atoms with Crippen LogP contribution in [0.25, 0.3) is 0 Å². The summed E-state index contributed by atoms with van der Waals surface area (Å²) < 4.78 is 31.9. The molecule has 20 heavy (non-hydrogen) atoms. The van der Waals surface area contributed by atoms with Crippen LogP contribution in [0.4, 0.5) is 0 Å². The van der Waals surface area contributed by atoms with Crippen LogP contribution < -0.4 is 4.72 Å². The molecule has 0 saturated carbocycles. The topological polar surface area (TPSA) is 72.5 Å². The lowest BCUT2D eigenvalue weighted by Gasteiger charge is -2.18. The van der Waals surface area contributed by atoms with E-state index >= 15 is 0 Å². The number of esters is 1. The molecule has 0 spiro atoms. The number of ether oxygens (including phenoxy) is 1. The van der Waals surface area contributed by atoms with E-state index in [4.69, 9.17) is 0 Å². The predicted molar refractivity (Wildman–Crippen MR) is 77.2 cm³/mol. The Balaban J connectivity index is 3.33. The summed E-state index contributed by atoms with van der Waals surface area (Å²) in [6.45, 7) is 8.71. The second-order valence-corrected chi connectivity index (χ2v) is 6.61. The maximum absolute atomic E-state index is 12.5. The molecule has 112 valence electrons. The first-order chi connectivity index (χ1) is 9.11. The van der Waals surface area contributed by atoms with Crippen molar-refractivity contribution in [3.8, 4) is 0 Å². The molecule has 0 fully saturated rings. The minimum absolute atomic E-state index is 0.241. The standard InChI is InChI=1S/C14H21NO4S/c1-8-7-9(2)11(4)13(10(8)3)20(17,18)15-12(5)14(16)19-6/h7,12,15H,1-6H3. The van der Waals surface area contributed by atoms with Gasteiger partial charge >= 0.3 is 5.97 Å². The third-order valence-electron chi connectivity index (χ3n) is 3.45. The summed E-state index contributed by atoms with van der Waals surface area (Å²) in [5.74, 6) is -0.617. The zero-order valence-corrected chi connectivity index (χ0v) is 13.5. The van der Waals surface area contributed by atoms with Crippen LogP contribution in [0.2, 0.25) is 0 Å². The van der Waals surface area contributed by atoms with Crippen LogP contribution in [-0.2, 0) is 19.6 Å². The lowest BCUT2D eigenvalue weighted by molar-refractivity contribution is -0.142. The van der Waals surface area contributed by atoms with E-state index in [0.29, 0.717) is 11.1 Å². The summed E-state index contributed by atoms with van der Waals surface area (Å²) in [4.78, 5) is 11.6. The number of nitrogens with one attached hydrogen (secondary N) is 1. The largest absolute Gasteiger partial charge is 0.468 e. The van der Waals surface area contributed by atoms with Gasteiger partial charge in [-0.15, -0.1) is 0 Å². The van der Waals surface area contributed by atoms with Gasteiger partial charge in [0.15, 0.2) is 0 Å². The van der Waals surface area contributed by atoms with Gasteiger partial charge < -0.3 is 4.74 Å². The number of methoxy groups -OCH3 is 1. The van der Waals surface area contributed by atoms with Gasteiger partial charge in [-0.2, -0.15) is 4.72 Å². The summed E-state index contributed by atoms with van der Waals surface area (Å²) in [5, 5.41) is 0. The highest BCUT2D eigenvalue weighted by Crippen LogP contribution is 2.26. The number of carbonyl (C=O) groups is 1. The second-order valence-electron chi connectivity index (χ2n) is 4.96. The molecule has 1 rings (SSSR count). The number of hydrogen-bond donors (Lipinski definition) is 1. The van der Waals surface area contributed by atoms with Gasteiger partial charge in [-0.05, 0) is 56.9 Å². The van der Waals surface area contributed by atoms with Crippen molar-refractivity contribution in [1.82, 2.24) is 4.72 Å². The van der Waals surface area contributed by atoms with Crippen molar-refractivity contribution in [2.75, 3.05) is 7.11 Å². The Morgan fingerprint density at radius 3 is 2.00 bits per heavy atom. The van der Waals surface area contributed by atoms with E-state index in [0.717, 1.165) is 11.1 Å². The van der Waals surface area contributed by atoms with E-state index in [1.807, 2.05) is 19.9 Å². The first-order valence-corrected chi connectivity index (χ1v) is 7.77. The zero-order chi connectivity index (χ0) is 15.7. The maximum Gasteiger partial charge on any atom is 0.323 e. The molecule has 0 aromatic heterocycles. The Hall–Kier alpha value is -1.40. The molecule has 0 aliphatic rings. The molecular weight excluding hydrogens is 278 g/mol. The highest BCUT2D eigenvalue weighted by Gasteiger charge is 2.26. The van der Waals surface area contributed by atoms with Gasteiger partial charge in [0.25, 0.3) is 0 Å². The zero-order valence-electron chi connectivity index (χ0n) is 12.7. The number of sulfonamides is 1. The SMILES string of the molecule is COC(=O)C(C)NS(=O)(=O)c1c(C)c(C)cc(C)c1C. The number of rotatable bonds is 4. The Bertz CT molecular complexity index is 609. The van der Waals surface area contributed by atoms with Gasteiger partial charge in [0.05, 0.1) is 12.0 Å². The quantitative estimate of drug-likeness (QED) is 0.860. The van der Waals surface area contributed by atoms with Crippen molar-refractivity contribution >= 4 is 16.0 Å². The Kier molecular flexibility index (Phi) is 4.94. The first kappa shape index (κ1) is 16.7. The summed E-state index contributed by atoms with van der Waals surface area (Å²) in [7, 11) is -2.55. The molecule has 1 N–H and O–H groups in total. The fraction of sp³-hybridized carbons (Fsp3) is 0.500. The van der Waals surface area contributed by atoms with Gasteiger partial charge in [-0.25, -0.2) is 8.42 Å². The molecule has 1 atom stereocenters. The molecule has 6 heteroatoms. The Labute approximate surface area is 120 Å². The van der Waals surface area contributed by atoms with Crippen molar-refractivity contribution in [2.24, 2.45) is 0 Å². The molecule has 0 heterocycles. The molecular formula is C14H21NO4S. The smallest absolute Gasteiger partial charge is 0.323 e. The molecule has 0 bridgehead atoms. The van der Waals surface area contributed by atoms with Gasteiger partial charge in [0.1, 0.15) is 6.04 Å². The minimum atomic E-state index is -3.77. The van der Waals surface area contributed by atoms with Crippen LogP contribution in [0.3, 0.4) is 0 Å². The fourth-order valence-electron chi connectivity index (χ4n) is 2.10. The van der Waals surface area contributed by atoms with E-state index in [9.17, 15) is 13.2 Å². The second kappa shape index (κ2) is 5.93. The number of benzene rings is 1. The van der Waals surface area contributed by atoms with Crippen molar-refractivity contribution in [1.29, 1.82) is 0 Å². The maximum atomic E-state index is 12.5. The van der Waals surface area contributed by atoms with Crippen LogP contribution >= 0.6 is 0 Å². The molecule has 1 unspecified atom stereocenters. The van der Waals surface area contributed by atoms with Crippen LogP contribution in [0.1, 0.15) is 29.2 Å². The van der Waals surface area contributed by atoms with Crippen LogP contribution in [0, 0.1) is 27.7 Å². The molecule has 0 saturated heterocycles. The molecule has 1 aromatic carbocycles. The van der Waals surface area contributed by atoms with Crippen molar-refractivity contribution in [3.05, 3.63) is 28.3 Å². The summed E-state index contributed by atoms with van der Waals surface area (Å²) in [6.07, 6.45) is 0. The van der Waals surface area contributed by atoms with Crippen molar-refractivity contribution < 1.29 is 17.9 Å². The number of carbonyl (C=O) groups excluding carboxylic acids is 1. The Morgan fingerprint density at radius 2 is 1.60 bits per heavy atom. The lowest BCUT2D eigenvalue weighted by atomic mass is 10.0. The summed E-state index contributed by atoms with van der Waals surface area (Å²) in [5.41, 5.74) is 3.19. The minimum Gasteiger partial charge on any atom is -0.468 e. The van der Waals surface area contributed by atoms with Gasteiger partial charge in [0, 0.05) is 0 Å². The molecule has 5 nitrogen and oxygen atoms in total. The van der Waals surface area contributed by atoms with Crippen molar-refractivity contribution in [2.45, 2.75) is 45.6 Å². The molecule has 0 aliphatic heterocycles. The number of hydrogen-bond acceptors (Lipinski definition) is 4. The van der Waals surface area contributed by atoms with Crippen LogP contribution in [0.5, 0.6) is 0 Å². The van der Waals surface area contributed by atoms with E-state index in [-0.39, 0.29) is 4.90 Å². The first-order valence-electron chi connectivity index (χ1n) is 6.29. The summed E-state index contributed by atoms with van der Waals surface area (Å²) >= 11 is 0. The Morgan fingerprint density at radius 1 is 1.15 bits per heavy atom. The monoisotopic (exact) mass is 299 g/mol. The van der Waals surface area contributed by atoms with Crippen LogP contribution in [-0.4, -0.2) is 27.5 Å². The van der Waals surface area contributed by atoms with E-state index < -0.39 is 22.0 Å². The molecule has 0 amide bonds. The predicted octanol–water partition coefficient (Wildman–Crippen LogP) is 1.76. The number of aryl methyl sites for hydroxylation is 2. The summed E-state index contributed by atoms with van der Waals surface area (Å²) in [6, 6.07) is 1.03. The van der Waals surface area contributed by atoms with Crippen LogP contribution in [0.15, 0.2) is 11.0 Å². The highest BCUT2D eigenvalue weighted by atomic mass is 32.2. The lowest BCUT2D eigenvalue weighted by Crippen LogP contribution is -2.39. The van der Waals surface area contributed by atoms with Crippen molar-refractivity contribution in [3.63, 3.8) is 0 Å². The van der Waals surface area contributed by atoms with Gasteiger partial charge in [0.2, 0.25) is 10.0 Å². The van der Waals surface area contributed by atoms with E-state index in [1.54, 1.807) is 13.8 Å². The van der Waals surface area contributed by atoms with Gasteiger partial charge in [-0.1, -0.05) is 6.07 Å². The molecule has 1 aromatic rings. The highest BCUT2D eigenvalue weighted by molar-refractivity contribution is 7.89. The third kappa shape index (κ3) is 3.19. The van der Waals surface area contributed by atoms with E-state index in [2.05, 4.69) is 9.46 Å².